The molecule has 2 heterocycles. The van der Waals surface area contributed by atoms with E-state index in [-0.39, 0.29) is 35.5 Å². The topological polar surface area (TPSA) is 31.4 Å². The van der Waals surface area contributed by atoms with E-state index in [0.717, 1.165) is 0 Å². The maximum atomic E-state index is 6.66. The molecule has 0 bridgehead atoms. The molecule has 1 aromatic heterocycles. The van der Waals surface area contributed by atoms with E-state index in [4.69, 9.17) is 9.31 Å². The lowest BCUT2D eigenvalue weighted by molar-refractivity contribution is 0.00578. The second-order valence-electron chi connectivity index (χ2n) is 10.6. The summed E-state index contributed by atoms with van der Waals surface area (Å²) in [6.07, 6.45) is 10.6. The Kier molecular flexibility index (Phi) is 4.78. The Balaban J connectivity index is 1.63. The van der Waals surface area contributed by atoms with Gasteiger partial charge in [-0.15, -0.1) is 0 Å². The van der Waals surface area contributed by atoms with E-state index in [2.05, 4.69) is 118 Å². The fourth-order valence-electron chi connectivity index (χ4n) is 6.18. The van der Waals surface area contributed by atoms with Crippen LogP contribution in [0.4, 0.5) is 0 Å². The predicted molar refractivity (Wildman–Crippen MR) is 137 cm³/mol. The van der Waals surface area contributed by atoms with Crippen LogP contribution in [-0.2, 0) is 14.7 Å². The molecule has 2 aliphatic carbocycles. The molecule has 0 amide bonds. The molecule has 4 heteroatoms. The third kappa shape index (κ3) is 2.88. The molecule has 3 atom stereocenters. The van der Waals surface area contributed by atoms with Crippen LogP contribution in [0.15, 0.2) is 97.4 Å². The third-order valence-electron chi connectivity index (χ3n) is 8.41. The van der Waals surface area contributed by atoms with Crippen LogP contribution in [0.25, 0.3) is 5.57 Å². The van der Waals surface area contributed by atoms with Gasteiger partial charge in [0.15, 0.2) is 0 Å². The average Bonchev–Trinajstić information content (AvgIpc) is 3.27. The molecule has 0 radical (unpaired) electrons. The number of rotatable bonds is 3. The maximum Gasteiger partial charge on any atom is 0.465 e. The van der Waals surface area contributed by atoms with Crippen LogP contribution in [-0.4, -0.2) is 23.3 Å². The van der Waals surface area contributed by atoms with Crippen molar-refractivity contribution in [2.75, 3.05) is 0 Å². The molecule has 1 fully saturated rings. The van der Waals surface area contributed by atoms with E-state index in [1.165, 1.54) is 27.8 Å². The Morgan fingerprint density at radius 3 is 2.09 bits per heavy atom. The van der Waals surface area contributed by atoms with Gasteiger partial charge >= 0.3 is 7.12 Å². The average molecular weight is 447 g/mol. The molecule has 1 saturated heterocycles. The summed E-state index contributed by atoms with van der Waals surface area (Å²) in [6, 6.07) is 24.1. The van der Waals surface area contributed by atoms with Crippen molar-refractivity contribution in [2.24, 2.45) is 5.92 Å². The summed E-state index contributed by atoms with van der Waals surface area (Å²) in [5.74, 6) is 0.163. The van der Waals surface area contributed by atoms with Crippen molar-refractivity contribution in [1.29, 1.82) is 0 Å². The maximum absolute atomic E-state index is 6.66. The molecular weight excluding hydrogens is 417 g/mol. The van der Waals surface area contributed by atoms with Crippen molar-refractivity contribution in [3.63, 3.8) is 0 Å². The van der Waals surface area contributed by atoms with Crippen molar-refractivity contribution in [3.8, 4) is 0 Å². The van der Waals surface area contributed by atoms with E-state index in [0.29, 0.717) is 0 Å². The molecule has 0 spiro atoms. The van der Waals surface area contributed by atoms with Crippen LogP contribution in [0, 0.1) is 5.92 Å². The molecule has 1 aliphatic heterocycles. The Hall–Kier alpha value is -2.95. The summed E-state index contributed by atoms with van der Waals surface area (Å²) in [6.45, 7) is 8.53. The van der Waals surface area contributed by atoms with E-state index < -0.39 is 0 Å². The van der Waals surface area contributed by atoms with Crippen LogP contribution in [0.1, 0.15) is 49.9 Å². The van der Waals surface area contributed by atoms with Gasteiger partial charge in [0, 0.05) is 24.1 Å². The zero-order valence-electron chi connectivity index (χ0n) is 20.2. The second-order valence-corrected chi connectivity index (χ2v) is 10.6. The highest BCUT2D eigenvalue weighted by molar-refractivity contribution is 6.49. The summed E-state index contributed by atoms with van der Waals surface area (Å²) in [7, 11) is -0.339. The van der Waals surface area contributed by atoms with Gasteiger partial charge < -0.3 is 9.31 Å². The number of aromatic nitrogens is 1. The van der Waals surface area contributed by atoms with Crippen LogP contribution in [0.2, 0.25) is 5.82 Å². The highest BCUT2D eigenvalue weighted by atomic mass is 16.7. The molecule has 2 aromatic carbocycles. The number of hydrogen-bond acceptors (Lipinski definition) is 3. The minimum Gasteiger partial charge on any atom is -0.403 e. The smallest absolute Gasteiger partial charge is 0.403 e. The first-order valence-corrected chi connectivity index (χ1v) is 12.2. The van der Waals surface area contributed by atoms with Gasteiger partial charge in [-0.3, -0.25) is 4.98 Å². The van der Waals surface area contributed by atoms with Gasteiger partial charge in [0.1, 0.15) is 0 Å². The highest BCUT2D eigenvalue weighted by Gasteiger charge is 2.61. The van der Waals surface area contributed by atoms with Crippen molar-refractivity contribution in [3.05, 3.63) is 120 Å². The fourth-order valence-corrected chi connectivity index (χ4v) is 6.18. The number of nitrogens with zero attached hydrogens (tertiary/aromatic N) is 1. The molecule has 3 aliphatic rings. The number of allylic oxidation sites excluding steroid dienone is 4. The molecule has 3 unspecified atom stereocenters. The minimum absolute atomic E-state index is 0.0434. The molecule has 34 heavy (non-hydrogen) atoms. The lowest BCUT2D eigenvalue weighted by Gasteiger charge is -2.42. The largest absolute Gasteiger partial charge is 0.465 e. The van der Waals surface area contributed by atoms with Crippen molar-refractivity contribution in [1.82, 2.24) is 4.98 Å². The second kappa shape index (κ2) is 7.53. The van der Waals surface area contributed by atoms with E-state index in [1.54, 1.807) is 0 Å². The minimum atomic E-state index is -0.385. The van der Waals surface area contributed by atoms with E-state index in [1.807, 2.05) is 12.4 Å². The molecule has 170 valence electrons. The first-order valence-electron chi connectivity index (χ1n) is 12.2. The number of fused-ring (bicyclic) bond motifs is 3. The fraction of sp³-hybridized carbons (Fsp3) is 0.300. The van der Waals surface area contributed by atoms with Crippen molar-refractivity contribution in [2.45, 2.75) is 50.1 Å². The molecular formula is C30H30BNO2. The lowest BCUT2D eigenvalue weighted by Crippen LogP contribution is -2.42. The standard InChI is InChI=1S/C30H30BNO2/c1-28(2)29(3,4)34-31(33-28)26-16-10-14-24-23-13-8-9-15-25(23)30(27(24)26,21-11-6-5-7-12-21)22-17-19-32-20-18-22/h5-20,26-27H,1-4H3. The Morgan fingerprint density at radius 1 is 0.765 bits per heavy atom. The van der Waals surface area contributed by atoms with Gasteiger partial charge in [0.25, 0.3) is 0 Å². The van der Waals surface area contributed by atoms with Crippen LogP contribution in [0.5, 0.6) is 0 Å². The zero-order chi connectivity index (χ0) is 23.6. The van der Waals surface area contributed by atoms with Crippen LogP contribution in [0.3, 0.4) is 0 Å². The van der Waals surface area contributed by atoms with Crippen molar-refractivity contribution < 1.29 is 9.31 Å². The summed E-state index contributed by atoms with van der Waals surface area (Å²) in [4.78, 5) is 4.36. The monoisotopic (exact) mass is 447 g/mol. The first-order chi connectivity index (χ1) is 16.4. The molecule has 0 saturated carbocycles. The van der Waals surface area contributed by atoms with Gasteiger partial charge in [-0.25, -0.2) is 0 Å². The molecule has 6 rings (SSSR count). The predicted octanol–water partition coefficient (Wildman–Crippen LogP) is 6.46. The van der Waals surface area contributed by atoms with Crippen molar-refractivity contribution >= 4 is 12.7 Å². The Labute approximate surface area is 202 Å². The number of hydrogen-bond donors (Lipinski definition) is 0. The van der Waals surface area contributed by atoms with E-state index in [9.17, 15) is 0 Å². The number of benzene rings is 2. The van der Waals surface area contributed by atoms with Gasteiger partial charge in [-0.1, -0.05) is 72.8 Å². The Morgan fingerprint density at radius 2 is 1.38 bits per heavy atom. The zero-order valence-corrected chi connectivity index (χ0v) is 20.2. The highest BCUT2D eigenvalue weighted by Crippen LogP contribution is 2.63. The van der Waals surface area contributed by atoms with Crippen LogP contribution < -0.4 is 0 Å². The third-order valence-corrected chi connectivity index (χ3v) is 8.41. The van der Waals surface area contributed by atoms with Gasteiger partial charge in [0.05, 0.1) is 16.6 Å². The van der Waals surface area contributed by atoms with Gasteiger partial charge in [-0.05, 0) is 67.7 Å². The first kappa shape index (κ1) is 21.6. The van der Waals surface area contributed by atoms with Crippen LogP contribution >= 0.6 is 0 Å². The number of pyridine rings is 1. The summed E-state index contributed by atoms with van der Waals surface area (Å²) < 4.78 is 13.3. The summed E-state index contributed by atoms with van der Waals surface area (Å²) in [5, 5.41) is 0. The molecule has 0 N–H and O–H groups in total. The Bertz CT molecular complexity index is 1220. The van der Waals surface area contributed by atoms with Gasteiger partial charge in [-0.2, -0.15) is 0 Å². The summed E-state index contributed by atoms with van der Waals surface area (Å²) >= 11 is 0. The normalized spacial score (nSPS) is 28.4. The van der Waals surface area contributed by atoms with Gasteiger partial charge in [0.2, 0.25) is 0 Å². The molecule has 3 nitrogen and oxygen atoms in total. The van der Waals surface area contributed by atoms with E-state index >= 15 is 0 Å². The summed E-state index contributed by atoms with van der Waals surface area (Å²) in [5.41, 5.74) is 5.34. The quantitative estimate of drug-likeness (QED) is 0.432. The lowest BCUT2D eigenvalue weighted by atomic mass is 9.52. The molecule has 3 aromatic rings. The SMILES string of the molecule is CC1(C)OB(C2C=CC=C3c4ccccc4C(c4ccccc4)(c4ccncc4)C32)OC1(C)C.